The fourth-order valence-corrected chi connectivity index (χ4v) is 1.17. The second-order valence-corrected chi connectivity index (χ2v) is 3.13. The molecule has 4 heteroatoms. The number of hydrogen-bond donors (Lipinski definition) is 0. The minimum absolute atomic E-state index is 0.0521. The Balaban J connectivity index is 2.78. The smallest absolute Gasteiger partial charge is 0.317 e. The van der Waals surface area contributed by atoms with Gasteiger partial charge in [-0.1, -0.05) is 11.8 Å². The van der Waals surface area contributed by atoms with Gasteiger partial charge in [-0.25, -0.2) is 4.39 Å². The molecule has 17 heavy (non-hydrogen) atoms. The Morgan fingerprint density at radius 2 is 2.29 bits per heavy atom. The van der Waals surface area contributed by atoms with Gasteiger partial charge in [-0.05, 0) is 25.1 Å². The highest BCUT2D eigenvalue weighted by Gasteiger charge is 2.01. The van der Waals surface area contributed by atoms with E-state index in [1.807, 2.05) is 0 Å². The van der Waals surface area contributed by atoms with Gasteiger partial charge in [0.25, 0.3) is 0 Å². The van der Waals surface area contributed by atoms with Crippen LogP contribution in [0.25, 0.3) is 0 Å². The van der Waals surface area contributed by atoms with Crippen LogP contribution < -0.4 is 0 Å². The van der Waals surface area contributed by atoms with E-state index in [2.05, 4.69) is 16.6 Å². The van der Waals surface area contributed by atoms with E-state index in [4.69, 9.17) is 0 Å². The minimum atomic E-state index is -0.497. The minimum Gasteiger partial charge on any atom is -0.465 e. The van der Waals surface area contributed by atoms with E-state index < -0.39 is 11.8 Å². The lowest BCUT2D eigenvalue weighted by Gasteiger charge is -1.97. The molecule has 3 nitrogen and oxygen atoms in total. The first-order chi connectivity index (χ1) is 8.17. The number of hydrogen-bond acceptors (Lipinski definition) is 3. The van der Waals surface area contributed by atoms with Crippen molar-refractivity contribution in [2.24, 2.45) is 0 Å². The average Bonchev–Trinajstić information content (AvgIpc) is 2.31. The van der Waals surface area contributed by atoms with E-state index in [9.17, 15) is 14.0 Å². The van der Waals surface area contributed by atoms with E-state index in [-0.39, 0.29) is 12.0 Å². The van der Waals surface area contributed by atoms with Crippen LogP contribution in [0.5, 0.6) is 0 Å². The average molecular weight is 234 g/mol. The van der Waals surface area contributed by atoms with Crippen molar-refractivity contribution < 1.29 is 18.7 Å². The first-order valence-corrected chi connectivity index (χ1v) is 5.06. The molecule has 0 aliphatic carbocycles. The molecular weight excluding hydrogens is 223 g/mol. The summed E-state index contributed by atoms with van der Waals surface area (Å²) in [6, 6.07) is 3.71. The van der Waals surface area contributed by atoms with Crippen LogP contribution in [0, 0.1) is 17.7 Å². The van der Waals surface area contributed by atoms with Crippen LogP contribution in [-0.4, -0.2) is 18.9 Å². The molecule has 0 bridgehead atoms. The van der Waals surface area contributed by atoms with Gasteiger partial charge in [-0.2, -0.15) is 0 Å². The third kappa shape index (κ3) is 4.07. The van der Waals surface area contributed by atoms with Crippen molar-refractivity contribution in [1.82, 2.24) is 0 Å². The van der Waals surface area contributed by atoms with Crippen LogP contribution >= 0.6 is 0 Å². The largest absolute Gasteiger partial charge is 0.465 e. The maximum absolute atomic E-state index is 12.8. The van der Waals surface area contributed by atoms with E-state index >= 15 is 0 Å². The second kappa shape index (κ2) is 6.44. The summed E-state index contributed by atoms with van der Waals surface area (Å²) in [5, 5.41) is 0. The molecule has 0 fully saturated rings. The monoisotopic (exact) mass is 234 g/mol. The predicted molar refractivity (Wildman–Crippen MR) is 59.9 cm³/mol. The van der Waals surface area contributed by atoms with Crippen molar-refractivity contribution in [1.29, 1.82) is 0 Å². The molecule has 1 rings (SSSR count). The Kier molecular flexibility index (Phi) is 4.89. The van der Waals surface area contributed by atoms with Crippen molar-refractivity contribution in [3.05, 3.63) is 35.1 Å². The van der Waals surface area contributed by atoms with Gasteiger partial charge in [-0.15, -0.1) is 0 Å². The normalized spacial score (nSPS) is 9.06. The molecule has 0 aliphatic rings. The summed E-state index contributed by atoms with van der Waals surface area (Å²) in [4.78, 5) is 21.6. The van der Waals surface area contributed by atoms with Crippen LogP contribution in [0.3, 0.4) is 0 Å². The summed E-state index contributed by atoms with van der Waals surface area (Å²) in [5.41, 5.74) is 0.562. The Morgan fingerprint density at radius 1 is 1.53 bits per heavy atom. The van der Waals surface area contributed by atoms with Crippen LogP contribution in [0.2, 0.25) is 0 Å². The summed E-state index contributed by atoms with van der Waals surface area (Å²) >= 11 is 0. The zero-order valence-electron chi connectivity index (χ0n) is 9.33. The lowest BCUT2D eigenvalue weighted by Crippen LogP contribution is -2.01. The number of carbonyl (C=O) groups is 2. The summed E-state index contributed by atoms with van der Waals surface area (Å²) in [6.45, 7) is 2.01. The Labute approximate surface area is 98.6 Å². The zero-order chi connectivity index (χ0) is 12.7. The Bertz CT molecular complexity index is 483. The van der Waals surface area contributed by atoms with Gasteiger partial charge in [0.15, 0.2) is 6.29 Å². The quantitative estimate of drug-likeness (QED) is 0.456. The number of aldehydes is 1. The van der Waals surface area contributed by atoms with E-state index in [1.165, 1.54) is 12.1 Å². The van der Waals surface area contributed by atoms with Crippen molar-refractivity contribution in [3.63, 3.8) is 0 Å². The van der Waals surface area contributed by atoms with Crippen LogP contribution in [0.4, 0.5) is 4.39 Å². The molecule has 0 N–H and O–H groups in total. The van der Waals surface area contributed by atoms with E-state index in [0.29, 0.717) is 18.5 Å². The summed E-state index contributed by atoms with van der Waals surface area (Å²) in [6.07, 6.45) is 0.473. The van der Waals surface area contributed by atoms with Gasteiger partial charge >= 0.3 is 5.97 Å². The van der Waals surface area contributed by atoms with Crippen LogP contribution in [0.1, 0.15) is 29.3 Å². The summed E-state index contributed by atoms with van der Waals surface area (Å²) in [5.74, 6) is 4.29. The molecular formula is C13H11FO3. The zero-order valence-corrected chi connectivity index (χ0v) is 9.33. The van der Waals surface area contributed by atoms with Gasteiger partial charge in [0, 0.05) is 11.1 Å². The molecule has 0 saturated heterocycles. The van der Waals surface area contributed by atoms with Crippen molar-refractivity contribution >= 4 is 12.3 Å². The number of rotatable bonds is 3. The number of carbonyl (C=O) groups excluding carboxylic acids is 2. The third-order valence-electron chi connectivity index (χ3n) is 1.90. The molecule has 0 spiro atoms. The highest BCUT2D eigenvalue weighted by Crippen LogP contribution is 2.07. The lowest BCUT2D eigenvalue weighted by atomic mass is 10.1. The molecule has 88 valence electrons. The fourth-order valence-electron chi connectivity index (χ4n) is 1.17. The molecule has 0 heterocycles. The number of ether oxygens (including phenoxy) is 1. The van der Waals surface area contributed by atoms with Crippen LogP contribution in [0.15, 0.2) is 18.2 Å². The molecule has 1 aromatic carbocycles. The highest BCUT2D eigenvalue weighted by molar-refractivity contribution is 5.79. The maximum atomic E-state index is 12.8. The molecule has 0 saturated carbocycles. The maximum Gasteiger partial charge on any atom is 0.317 e. The Hall–Kier alpha value is -2.15. The molecule has 0 aromatic heterocycles. The SMILES string of the molecule is CCOC(=O)CC#Cc1ccc(F)cc1C=O. The number of halogens is 1. The predicted octanol–water partition coefficient (Wildman–Crippen LogP) is 1.94. The molecule has 1 aromatic rings. The Morgan fingerprint density at radius 3 is 2.94 bits per heavy atom. The lowest BCUT2D eigenvalue weighted by molar-refractivity contribution is -0.141. The van der Waals surface area contributed by atoms with Gasteiger partial charge < -0.3 is 4.74 Å². The van der Waals surface area contributed by atoms with Crippen molar-refractivity contribution in [2.45, 2.75) is 13.3 Å². The first-order valence-electron chi connectivity index (χ1n) is 5.06. The van der Waals surface area contributed by atoms with E-state index in [1.54, 1.807) is 6.92 Å². The molecule has 0 atom stereocenters. The summed E-state index contributed by atoms with van der Waals surface area (Å²) in [7, 11) is 0. The molecule has 0 amide bonds. The van der Waals surface area contributed by atoms with Gasteiger partial charge in [-0.3, -0.25) is 9.59 Å². The number of benzene rings is 1. The fraction of sp³-hybridized carbons (Fsp3) is 0.231. The van der Waals surface area contributed by atoms with Crippen LogP contribution in [-0.2, 0) is 9.53 Å². The standard InChI is InChI=1S/C13H11FO3/c1-2-17-13(16)5-3-4-10-6-7-12(14)8-11(10)9-15/h6-9H,2,5H2,1H3. The van der Waals surface area contributed by atoms with Gasteiger partial charge in [0.05, 0.1) is 6.61 Å². The first kappa shape index (κ1) is 12.9. The van der Waals surface area contributed by atoms with Gasteiger partial charge in [0.1, 0.15) is 12.2 Å². The topological polar surface area (TPSA) is 43.4 Å². The molecule has 0 radical (unpaired) electrons. The van der Waals surface area contributed by atoms with E-state index in [0.717, 1.165) is 6.07 Å². The summed E-state index contributed by atoms with van der Waals surface area (Å²) < 4.78 is 17.5. The highest BCUT2D eigenvalue weighted by atomic mass is 19.1. The van der Waals surface area contributed by atoms with Crippen molar-refractivity contribution in [2.75, 3.05) is 6.61 Å². The van der Waals surface area contributed by atoms with Crippen molar-refractivity contribution in [3.8, 4) is 11.8 Å². The molecule has 0 unspecified atom stereocenters. The third-order valence-corrected chi connectivity index (χ3v) is 1.90. The second-order valence-electron chi connectivity index (χ2n) is 3.13. The number of esters is 1. The molecule has 0 aliphatic heterocycles. The van der Waals surface area contributed by atoms with Gasteiger partial charge in [0.2, 0.25) is 0 Å².